The lowest BCUT2D eigenvalue weighted by molar-refractivity contribution is 0.0986. The number of carbonyl (C=O) groups excluding carboxylic acids is 1. The van der Waals surface area contributed by atoms with Crippen LogP contribution in [0.1, 0.15) is 43.0 Å². The maximum atomic E-state index is 13.8. The molecule has 0 spiro atoms. The first-order valence-electron chi connectivity index (χ1n) is 12.9. The van der Waals surface area contributed by atoms with Gasteiger partial charge in [0.2, 0.25) is 0 Å². The number of aromatic nitrogens is 1. The number of H-pyrrole nitrogens is 1. The van der Waals surface area contributed by atoms with Crippen LogP contribution in [-0.2, 0) is 0 Å². The normalized spacial score (nSPS) is 15.3. The van der Waals surface area contributed by atoms with Crippen LogP contribution in [0.25, 0.3) is 22.0 Å². The molecule has 5 rings (SSSR count). The van der Waals surface area contributed by atoms with E-state index in [1.54, 1.807) is 0 Å². The highest BCUT2D eigenvalue weighted by atomic mass is 16.5. The van der Waals surface area contributed by atoms with Gasteiger partial charge < -0.3 is 25.7 Å². The standard InChI is InChI=1S/C30H34N4O2/c1-21-14-17-34(28-8-4-3-7-27(28)33-21)30(35)24-9-11-25(29(20-24)36-18-6-2-5-15-31)22-10-12-26-23(19-22)13-16-32-26/h3-4,7-13,16,19-21,32-33H,2,5-6,14-15,17-18,31H2,1H3. The second-order valence-corrected chi connectivity index (χ2v) is 9.50. The maximum absolute atomic E-state index is 13.8. The quantitative estimate of drug-likeness (QED) is 0.261. The van der Waals surface area contributed by atoms with Crippen molar-refractivity contribution >= 4 is 28.2 Å². The lowest BCUT2D eigenvalue weighted by Gasteiger charge is -2.23. The van der Waals surface area contributed by atoms with E-state index in [0.29, 0.717) is 31.3 Å². The van der Waals surface area contributed by atoms with E-state index >= 15 is 0 Å². The Morgan fingerprint density at radius 3 is 2.83 bits per heavy atom. The zero-order chi connectivity index (χ0) is 24.9. The van der Waals surface area contributed by atoms with E-state index in [2.05, 4.69) is 41.5 Å². The first kappa shape index (κ1) is 23.9. The van der Waals surface area contributed by atoms with Crippen molar-refractivity contribution < 1.29 is 9.53 Å². The van der Waals surface area contributed by atoms with Gasteiger partial charge in [0.25, 0.3) is 5.91 Å². The number of unbranched alkanes of at least 4 members (excludes halogenated alkanes) is 2. The van der Waals surface area contributed by atoms with Crippen LogP contribution in [0.15, 0.2) is 72.9 Å². The minimum Gasteiger partial charge on any atom is -0.493 e. The van der Waals surface area contributed by atoms with E-state index in [-0.39, 0.29) is 5.91 Å². The molecule has 0 bridgehead atoms. The van der Waals surface area contributed by atoms with Crippen LogP contribution in [0.5, 0.6) is 5.75 Å². The van der Waals surface area contributed by atoms with Crippen LogP contribution in [0.3, 0.4) is 0 Å². The predicted octanol–water partition coefficient (Wildman–Crippen LogP) is 6.19. The number of anilines is 2. The van der Waals surface area contributed by atoms with Gasteiger partial charge in [0, 0.05) is 35.4 Å². The smallest absolute Gasteiger partial charge is 0.258 e. The SMILES string of the molecule is CC1CCN(C(=O)c2ccc(-c3ccc4[nH]ccc4c3)c(OCCCCCN)c2)c2ccccc2N1. The number of fused-ring (bicyclic) bond motifs is 2. The Morgan fingerprint density at radius 1 is 1.06 bits per heavy atom. The van der Waals surface area contributed by atoms with E-state index in [0.717, 1.165) is 64.8 Å². The third-order valence-electron chi connectivity index (χ3n) is 6.83. The van der Waals surface area contributed by atoms with Crippen LogP contribution >= 0.6 is 0 Å². The van der Waals surface area contributed by atoms with Crippen molar-refractivity contribution in [3.8, 4) is 16.9 Å². The molecule has 1 atom stereocenters. The lowest BCUT2D eigenvalue weighted by Crippen LogP contribution is -2.32. The number of aromatic amines is 1. The molecule has 6 nitrogen and oxygen atoms in total. The van der Waals surface area contributed by atoms with E-state index in [1.165, 1.54) is 0 Å². The number of nitrogens with two attached hydrogens (primary N) is 1. The number of benzene rings is 3. The Hall–Kier alpha value is -3.77. The Balaban J connectivity index is 1.48. The molecule has 186 valence electrons. The number of rotatable bonds is 8. The summed E-state index contributed by atoms with van der Waals surface area (Å²) in [5.41, 5.74) is 11.3. The van der Waals surface area contributed by atoms with Crippen molar-refractivity contribution in [3.63, 3.8) is 0 Å². The Kier molecular flexibility index (Phi) is 7.23. The summed E-state index contributed by atoms with van der Waals surface area (Å²) in [6.45, 7) is 4.09. The molecule has 1 amide bonds. The Labute approximate surface area is 212 Å². The van der Waals surface area contributed by atoms with Gasteiger partial charge in [-0.25, -0.2) is 0 Å². The minimum absolute atomic E-state index is 0.0148. The fourth-order valence-electron chi connectivity index (χ4n) is 4.82. The Morgan fingerprint density at radius 2 is 1.94 bits per heavy atom. The van der Waals surface area contributed by atoms with E-state index < -0.39 is 0 Å². The maximum Gasteiger partial charge on any atom is 0.258 e. The van der Waals surface area contributed by atoms with Gasteiger partial charge in [0.1, 0.15) is 5.75 Å². The third-order valence-corrected chi connectivity index (χ3v) is 6.83. The molecule has 4 aromatic rings. The summed E-state index contributed by atoms with van der Waals surface area (Å²) in [6, 6.07) is 22.6. The molecule has 0 saturated carbocycles. The molecule has 6 heteroatoms. The van der Waals surface area contributed by atoms with Gasteiger partial charge in [-0.05, 0) is 98.6 Å². The molecule has 36 heavy (non-hydrogen) atoms. The van der Waals surface area contributed by atoms with E-state index in [4.69, 9.17) is 10.5 Å². The molecular weight excluding hydrogens is 448 g/mol. The average molecular weight is 483 g/mol. The fourth-order valence-corrected chi connectivity index (χ4v) is 4.82. The summed E-state index contributed by atoms with van der Waals surface area (Å²) in [4.78, 5) is 18.9. The number of hydrogen-bond donors (Lipinski definition) is 3. The van der Waals surface area contributed by atoms with Gasteiger partial charge in [-0.2, -0.15) is 0 Å². The average Bonchev–Trinajstić information content (AvgIpc) is 3.30. The van der Waals surface area contributed by atoms with E-state index in [1.807, 2.05) is 53.6 Å². The zero-order valence-electron chi connectivity index (χ0n) is 20.8. The molecule has 1 aliphatic heterocycles. The molecule has 0 fully saturated rings. The van der Waals surface area contributed by atoms with Crippen molar-refractivity contribution in [3.05, 3.63) is 78.5 Å². The third kappa shape index (κ3) is 5.09. The van der Waals surface area contributed by atoms with Crippen LogP contribution < -0.4 is 20.7 Å². The monoisotopic (exact) mass is 482 g/mol. The molecule has 0 radical (unpaired) electrons. The molecule has 1 aliphatic rings. The van der Waals surface area contributed by atoms with Crippen LogP contribution in [0, 0.1) is 0 Å². The second kappa shape index (κ2) is 10.9. The first-order chi connectivity index (χ1) is 17.6. The largest absolute Gasteiger partial charge is 0.493 e. The van der Waals surface area contributed by atoms with Crippen LogP contribution in [0.4, 0.5) is 11.4 Å². The number of nitrogens with zero attached hydrogens (tertiary/aromatic N) is 1. The first-order valence-corrected chi connectivity index (χ1v) is 12.9. The predicted molar refractivity (Wildman–Crippen MR) is 148 cm³/mol. The summed E-state index contributed by atoms with van der Waals surface area (Å²) in [5.74, 6) is 0.719. The number of para-hydroxylation sites is 2. The number of nitrogens with one attached hydrogen (secondary N) is 2. The molecule has 2 heterocycles. The molecule has 3 aromatic carbocycles. The second-order valence-electron chi connectivity index (χ2n) is 9.50. The van der Waals surface area contributed by atoms with Gasteiger partial charge >= 0.3 is 0 Å². The van der Waals surface area contributed by atoms with E-state index in [9.17, 15) is 4.79 Å². The van der Waals surface area contributed by atoms with Crippen LogP contribution in [0.2, 0.25) is 0 Å². The van der Waals surface area contributed by atoms with Crippen molar-refractivity contribution in [2.45, 2.75) is 38.6 Å². The number of amides is 1. The minimum atomic E-state index is -0.0148. The summed E-state index contributed by atoms with van der Waals surface area (Å²) in [6.07, 6.45) is 5.75. The van der Waals surface area contributed by atoms with Crippen molar-refractivity contribution in [2.24, 2.45) is 5.73 Å². The lowest BCUT2D eigenvalue weighted by atomic mass is 10.0. The van der Waals surface area contributed by atoms with Crippen molar-refractivity contribution in [1.82, 2.24) is 4.98 Å². The molecule has 0 saturated heterocycles. The fraction of sp³-hybridized carbons (Fsp3) is 0.300. The Bertz CT molecular complexity index is 1350. The van der Waals surface area contributed by atoms with Gasteiger partial charge in [0.15, 0.2) is 0 Å². The number of ether oxygens (including phenoxy) is 1. The molecular formula is C30H34N4O2. The highest BCUT2D eigenvalue weighted by Crippen LogP contribution is 2.35. The zero-order valence-corrected chi connectivity index (χ0v) is 20.8. The molecule has 1 unspecified atom stereocenters. The van der Waals surface area contributed by atoms with Crippen molar-refractivity contribution in [2.75, 3.05) is 29.9 Å². The van der Waals surface area contributed by atoms with Gasteiger partial charge in [0.05, 0.1) is 18.0 Å². The molecule has 0 aliphatic carbocycles. The number of hydrogen-bond acceptors (Lipinski definition) is 4. The van der Waals surface area contributed by atoms with Gasteiger partial charge in [-0.1, -0.05) is 18.2 Å². The van der Waals surface area contributed by atoms with Crippen molar-refractivity contribution in [1.29, 1.82) is 0 Å². The molecule has 1 aromatic heterocycles. The molecule has 4 N–H and O–H groups in total. The highest BCUT2D eigenvalue weighted by Gasteiger charge is 2.25. The summed E-state index contributed by atoms with van der Waals surface area (Å²) < 4.78 is 6.29. The van der Waals surface area contributed by atoms with Gasteiger partial charge in [-0.3, -0.25) is 4.79 Å². The summed E-state index contributed by atoms with van der Waals surface area (Å²) in [7, 11) is 0. The summed E-state index contributed by atoms with van der Waals surface area (Å²) in [5, 5.41) is 4.67. The highest BCUT2D eigenvalue weighted by molar-refractivity contribution is 6.08. The number of carbonyl (C=O) groups is 1. The summed E-state index contributed by atoms with van der Waals surface area (Å²) >= 11 is 0. The topological polar surface area (TPSA) is 83.4 Å². The van der Waals surface area contributed by atoms with Gasteiger partial charge in [-0.15, -0.1) is 0 Å². The van der Waals surface area contributed by atoms with Crippen LogP contribution in [-0.4, -0.2) is 36.6 Å².